The predicted octanol–water partition coefficient (Wildman–Crippen LogP) is 0.831. The highest BCUT2D eigenvalue weighted by Gasteiger charge is 2.27. The van der Waals surface area contributed by atoms with Crippen LogP contribution < -0.4 is 5.32 Å². The van der Waals surface area contributed by atoms with Crippen molar-refractivity contribution in [2.75, 3.05) is 26.2 Å². The van der Waals surface area contributed by atoms with Crippen LogP contribution in [0.3, 0.4) is 0 Å². The average molecular weight is 212 g/mol. The molecule has 2 rings (SSSR count). The van der Waals surface area contributed by atoms with Gasteiger partial charge in [0, 0.05) is 19.1 Å². The smallest absolute Gasteiger partial charge is 0.0791 e. The van der Waals surface area contributed by atoms with Crippen molar-refractivity contribution in [3.05, 3.63) is 0 Å². The third-order valence-corrected chi connectivity index (χ3v) is 3.67. The van der Waals surface area contributed by atoms with Crippen LogP contribution in [0.15, 0.2) is 0 Å². The van der Waals surface area contributed by atoms with E-state index in [1.165, 1.54) is 38.8 Å². The molecule has 2 aliphatic rings. The lowest BCUT2D eigenvalue weighted by atomic mass is 10.2. The summed E-state index contributed by atoms with van der Waals surface area (Å²) in [5, 5.41) is 13.3. The minimum atomic E-state index is -0.190. The molecule has 0 bridgehead atoms. The van der Waals surface area contributed by atoms with E-state index in [1.54, 1.807) is 0 Å². The lowest BCUT2D eigenvalue weighted by Crippen LogP contribution is -2.40. The molecule has 0 aromatic heterocycles. The van der Waals surface area contributed by atoms with Crippen molar-refractivity contribution in [2.45, 2.75) is 44.8 Å². The Morgan fingerprint density at radius 1 is 1.33 bits per heavy atom. The van der Waals surface area contributed by atoms with E-state index in [2.05, 4.69) is 17.1 Å². The fourth-order valence-corrected chi connectivity index (χ4v) is 2.41. The average Bonchev–Trinajstić information content (AvgIpc) is 2.95. The molecular weight excluding hydrogens is 188 g/mol. The molecule has 0 amide bonds. The molecule has 1 aliphatic heterocycles. The molecule has 1 saturated carbocycles. The summed E-state index contributed by atoms with van der Waals surface area (Å²) in [4.78, 5) is 2.37. The number of aliphatic hydroxyl groups excluding tert-OH is 1. The quantitative estimate of drug-likeness (QED) is 0.684. The number of β-amino-alcohol motifs (C(OH)–C–C–N with tert-alkyl or cyclic N) is 1. The van der Waals surface area contributed by atoms with Gasteiger partial charge in [-0.1, -0.05) is 0 Å². The normalized spacial score (nSPS) is 26.8. The number of rotatable bonds is 6. The van der Waals surface area contributed by atoms with Gasteiger partial charge < -0.3 is 15.3 Å². The molecule has 0 spiro atoms. The van der Waals surface area contributed by atoms with Crippen LogP contribution in [0.5, 0.6) is 0 Å². The monoisotopic (exact) mass is 212 g/mol. The molecule has 3 heteroatoms. The predicted molar refractivity (Wildman–Crippen MR) is 61.9 cm³/mol. The summed E-state index contributed by atoms with van der Waals surface area (Å²) in [7, 11) is 0. The fourth-order valence-electron chi connectivity index (χ4n) is 2.41. The van der Waals surface area contributed by atoms with Gasteiger partial charge in [-0.25, -0.2) is 0 Å². The van der Waals surface area contributed by atoms with Crippen molar-refractivity contribution in [3.63, 3.8) is 0 Å². The Balaban J connectivity index is 1.56. The van der Waals surface area contributed by atoms with Crippen molar-refractivity contribution in [3.8, 4) is 0 Å². The van der Waals surface area contributed by atoms with Crippen LogP contribution in [-0.4, -0.2) is 48.3 Å². The van der Waals surface area contributed by atoms with Gasteiger partial charge in [-0.05, 0) is 51.6 Å². The number of nitrogens with one attached hydrogen (secondary N) is 1. The molecule has 2 unspecified atom stereocenters. The number of aliphatic hydroxyl groups is 1. The number of nitrogens with zero attached hydrogens (tertiary/aromatic N) is 1. The molecule has 3 nitrogen and oxygen atoms in total. The maximum absolute atomic E-state index is 9.86. The summed E-state index contributed by atoms with van der Waals surface area (Å²) in [5.74, 6) is 0.879. The van der Waals surface area contributed by atoms with Crippen LogP contribution in [0.25, 0.3) is 0 Å². The summed E-state index contributed by atoms with van der Waals surface area (Å²) >= 11 is 0. The SMILES string of the molecule is CC(NCC(O)CN1CCCC1)C1CC1. The molecule has 0 aromatic carbocycles. The zero-order valence-electron chi connectivity index (χ0n) is 9.78. The lowest BCUT2D eigenvalue weighted by molar-refractivity contribution is 0.120. The second kappa shape index (κ2) is 5.28. The minimum absolute atomic E-state index is 0.190. The van der Waals surface area contributed by atoms with Crippen LogP contribution >= 0.6 is 0 Å². The summed E-state index contributed by atoms with van der Waals surface area (Å²) in [6, 6.07) is 0.596. The Morgan fingerprint density at radius 3 is 2.60 bits per heavy atom. The highest BCUT2D eigenvalue weighted by Crippen LogP contribution is 2.32. The van der Waals surface area contributed by atoms with E-state index >= 15 is 0 Å². The Labute approximate surface area is 92.8 Å². The van der Waals surface area contributed by atoms with Gasteiger partial charge in [0.05, 0.1) is 6.10 Å². The van der Waals surface area contributed by atoms with Gasteiger partial charge in [-0.3, -0.25) is 0 Å². The molecule has 15 heavy (non-hydrogen) atoms. The summed E-state index contributed by atoms with van der Waals surface area (Å²) < 4.78 is 0. The zero-order valence-corrected chi connectivity index (χ0v) is 9.78. The highest BCUT2D eigenvalue weighted by atomic mass is 16.3. The van der Waals surface area contributed by atoms with E-state index in [0.717, 1.165) is 19.0 Å². The number of hydrogen-bond donors (Lipinski definition) is 2. The number of likely N-dealkylation sites (tertiary alicyclic amines) is 1. The van der Waals surface area contributed by atoms with Crippen molar-refractivity contribution in [2.24, 2.45) is 5.92 Å². The van der Waals surface area contributed by atoms with Crippen molar-refractivity contribution >= 4 is 0 Å². The summed E-state index contributed by atoms with van der Waals surface area (Å²) in [6.07, 6.45) is 5.16. The van der Waals surface area contributed by atoms with Crippen LogP contribution in [-0.2, 0) is 0 Å². The standard InChI is InChI=1S/C12H24N2O/c1-10(11-4-5-11)13-8-12(15)9-14-6-2-3-7-14/h10-13,15H,2-9H2,1H3. The molecule has 88 valence electrons. The van der Waals surface area contributed by atoms with E-state index in [9.17, 15) is 5.11 Å². The first-order valence-electron chi connectivity index (χ1n) is 6.39. The largest absolute Gasteiger partial charge is 0.390 e. The van der Waals surface area contributed by atoms with E-state index in [0.29, 0.717) is 6.04 Å². The Morgan fingerprint density at radius 2 is 2.00 bits per heavy atom. The molecule has 2 atom stereocenters. The Kier molecular flexibility index (Phi) is 4.00. The molecule has 0 aromatic rings. The van der Waals surface area contributed by atoms with E-state index in [1.807, 2.05) is 0 Å². The summed E-state index contributed by atoms with van der Waals surface area (Å²) in [5.41, 5.74) is 0. The third-order valence-electron chi connectivity index (χ3n) is 3.67. The first-order chi connectivity index (χ1) is 7.25. The number of hydrogen-bond acceptors (Lipinski definition) is 3. The molecule has 1 saturated heterocycles. The zero-order chi connectivity index (χ0) is 10.7. The second-order valence-corrected chi connectivity index (χ2v) is 5.20. The topological polar surface area (TPSA) is 35.5 Å². The van der Waals surface area contributed by atoms with Gasteiger partial charge in [0.25, 0.3) is 0 Å². The van der Waals surface area contributed by atoms with Crippen LogP contribution in [0.4, 0.5) is 0 Å². The van der Waals surface area contributed by atoms with E-state index in [-0.39, 0.29) is 6.10 Å². The summed E-state index contributed by atoms with van der Waals surface area (Å²) in [6.45, 7) is 6.20. The first-order valence-corrected chi connectivity index (χ1v) is 6.39. The lowest BCUT2D eigenvalue weighted by Gasteiger charge is -2.21. The van der Waals surface area contributed by atoms with Crippen molar-refractivity contribution < 1.29 is 5.11 Å². The van der Waals surface area contributed by atoms with Gasteiger partial charge in [-0.2, -0.15) is 0 Å². The fraction of sp³-hybridized carbons (Fsp3) is 1.00. The van der Waals surface area contributed by atoms with Gasteiger partial charge in [0.2, 0.25) is 0 Å². The molecule has 0 radical (unpaired) electrons. The highest BCUT2D eigenvalue weighted by molar-refractivity contribution is 4.84. The molecular formula is C12H24N2O. The first kappa shape index (κ1) is 11.4. The van der Waals surface area contributed by atoms with Crippen molar-refractivity contribution in [1.82, 2.24) is 10.2 Å². The van der Waals surface area contributed by atoms with Crippen LogP contribution in [0.1, 0.15) is 32.6 Å². The minimum Gasteiger partial charge on any atom is -0.390 e. The van der Waals surface area contributed by atoms with Crippen LogP contribution in [0.2, 0.25) is 0 Å². The molecule has 2 N–H and O–H groups in total. The van der Waals surface area contributed by atoms with Gasteiger partial charge in [0.1, 0.15) is 0 Å². The molecule has 1 heterocycles. The maximum atomic E-state index is 9.86. The van der Waals surface area contributed by atoms with Crippen molar-refractivity contribution in [1.29, 1.82) is 0 Å². The Hall–Kier alpha value is -0.120. The maximum Gasteiger partial charge on any atom is 0.0791 e. The van der Waals surface area contributed by atoms with Gasteiger partial charge in [-0.15, -0.1) is 0 Å². The Bertz CT molecular complexity index is 188. The van der Waals surface area contributed by atoms with Gasteiger partial charge in [0.15, 0.2) is 0 Å². The van der Waals surface area contributed by atoms with Gasteiger partial charge >= 0.3 is 0 Å². The molecule has 2 fully saturated rings. The third kappa shape index (κ3) is 3.74. The second-order valence-electron chi connectivity index (χ2n) is 5.20. The van der Waals surface area contributed by atoms with Crippen LogP contribution in [0, 0.1) is 5.92 Å². The van der Waals surface area contributed by atoms with E-state index < -0.39 is 0 Å². The molecule has 1 aliphatic carbocycles. The van der Waals surface area contributed by atoms with E-state index in [4.69, 9.17) is 0 Å².